The maximum absolute atomic E-state index is 15.2. The second-order valence-electron chi connectivity index (χ2n) is 35.7. The Labute approximate surface area is 549 Å². The molecule has 12 saturated carbocycles. The van der Waals surface area contributed by atoms with Gasteiger partial charge in [0.1, 0.15) is 53.7 Å². The fraction of sp³-hybridized carbons (Fsp3) is 0.885. The maximum atomic E-state index is 15.2. The van der Waals surface area contributed by atoms with E-state index >= 15 is 14.4 Å². The van der Waals surface area contributed by atoms with Crippen LogP contribution in [0.5, 0.6) is 0 Å². The smallest absolute Gasteiger partial charge is 0.306 e. The van der Waals surface area contributed by atoms with E-state index in [0.29, 0.717) is 101 Å². The Morgan fingerprint density at radius 1 is 0.370 bits per heavy atom. The first-order valence-corrected chi connectivity index (χ1v) is 37.5. The lowest BCUT2D eigenvalue weighted by Crippen LogP contribution is -2.62. The Bertz CT molecular complexity index is 2970. The number of Topliss-reactive ketones (excluding diaryl/α,β-unsaturated/α-hetero) is 4. The molecule has 0 aromatic rings. The molecule has 24 aliphatic rings. The number of ether oxygens (including phenoxy) is 5. The minimum Gasteiger partial charge on any atom is -0.462 e. The highest BCUT2D eigenvalue weighted by molar-refractivity contribution is 5.89. The molecule has 12 aliphatic heterocycles. The summed E-state index contributed by atoms with van der Waals surface area (Å²) < 4.78 is 32.1. The molecule has 0 radical (unpaired) electrons. The zero-order valence-electron chi connectivity index (χ0n) is 58.2. The minimum atomic E-state index is -0.628. The van der Waals surface area contributed by atoms with Crippen molar-refractivity contribution in [2.75, 3.05) is 0 Å². The van der Waals surface area contributed by atoms with E-state index in [1.54, 1.807) is 0 Å². The van der Waals surface area contributed by atoms with E-state index in [-0.39, 0.29) is 213 Å². The Balaban J connectivity index is 0.769. The number of carbonyl (C=O) groups is 9. The summed E-state index contributed by atoms with van der Waals surface area (Å²) in [5, 5.41) is 0. The molecule has 12 saturated heterocycles. The zero-order chi connectivity index (χ0) is 65.7. The standard InChI is InChI=1S/C78H114O14/c1-40-13-22-61(82)46-25-28-73(7)47(31-46)34-62(88-43(4)79)70-55-20-17-53(77(55,11)65(83)37-58(70)73)41(2)14-23-68(86)92-51-27-30-75(9)49(33-51)36-64(90-45(6)81)72-57-21-18-54(78(57,12)67(85)39-60(72)75)42(3)15-24-69(87)91-50-26-29-74(8)48(32-50)35-63(89-44(5)80)71-56-19-16-52(40)76(56,10)66(84)38-59(71)74/h40-42,46-60,62-64,70-72H,13-39H2,1-12H3/t40-,41-,42-,46-,47+,48+,49+,50-,51-,52-,53-,54-,55+,56+,57+,58+,59+,60+,62-,63-,64-,70+,71+,72+,73+,74+,75+,76-,77-,78-/m1/s1. The van der Waals surface area contributed by atoms with Crippen LogP contribution in [0, 0.1) is 145 Å². The number of hydrogen-bond acceptors (Lipinski definition) is 14. The van der Waals surface area contributed by atoms with E-state index in [1.165, 1.54) is 20.8 Å². The normalized spacial score (nSPS) is 51.9. The first-order valence-electron chi connectivity index (χ1n) is 37.5. The highest BCUT2D eigenvalue weighted by Crippen LogP contribution is 2.72. The van der Waals surface area contributed by atoms with Gasteiger partial charge in [-0.15, -0.1) is 0 Å². The van der Waals surface area contributed by atoms with Crippen LogP contribution in [0.15, 0.2) is 0 Å². The largest absolute Gasteiger partial charge is 0.462 e. The number of fused-ring (bicyclic) bond motifs is 1. The molecule has 24 fully saturated rings. The summed E-state index contributed by atoms with van der Waals surface area (Å²) in [5.41, 5.74) is -2.45. The molecule has 92 heavy (non-hydrogen) atoms. The third kappa shape index (κ3) is 10.6. The van der Waals surface area contributed by atoms with Crippen molar-refractivity contribution >= 4 is 53.0 Å². The van der Waals surface area contributed by atoms with Gasteiger partial charge >= 0.3 is 29.8 Å². The molecule has 12 heterocycles. The third-order valence-corrected chi connectivity index (χ3v) is 32.2. The van der Waals surface area contributed by atoms with Crippen LogP contribution in [0.4, 0.5) is 0 Å². The van der Waals surface area contributed by atoms with Gasteiger partial charge in [0.05, 0.1) is 0 Å². The molecule has 12 aliphatic carbocycles. The van der Waals surface area contributed by atoms with Crippen LogP contribution >= 0.6 is 0 Å². The molecule has 14 nitrogen and oxygen atoms in total. The van der Waals surface area contributed by atoms with Crippen LogP contribution < -0.4 is 0 Å². The van der Waals surface area contributed by atoms with Crippen molar-refractivity contribution in [1.29, 1.82) is 0 Å². The summed E-state index contributed by atoms with van der Waals surface area (Å²) in [6.45, 7) is 24.8. The number of carbonyl (C=O) groups excluding carboxylic acids is 9. The van der Waals surface area contributed by atoms with E-state index < -0.39 is 16.2 Å². The summed E-state index contributed by atoms with van der Waals surface area (Å²) in [6.07, 6.45) is 16.5. The molecule has 510 valence electrons. The lowest BCUT2D eigenvalue weighted by atomic mass is 9.42. The highest BCUT2D eigenvalue weighted by Gasteiger charge is 2.71. The maximum Gasteiger partial charge on any atom is 0.306 e. The molecule has 24 bridgehead atoms. The second-order valence-corrected chi connectivity index (χ2v) is 35.7. The molecule has 14 heteroatoms. The Hall–Kier alpha value is -3.97. The van der Waals surface area contributed by atoms with Gasteiger partial charge in [-0.2, -0.15) is 0 Å². The predicted molar refractivity (Wildman–Crippen MR) is 343 cm³/mol. The molecular weight excluding hydrogens is 1160 g/mol. The van der Waals surface area contributed by atoms with Gasteiger partial charge in [0.25, 0.3) is 0 Å². The lowest BCUT2D eigenvalue weighted by molar-refractivity contribution is -0.198. The Morgan fingerprint density at radius 2 is 0.674 bits per heavy atom. The van der Waals surface area contributed by atoms with Gasteiger partial charge < -0.3 is 23.7 Å². The first kappa shape index (κ1) is 66.6. The van der Waals surface area contributed by atoms with E-state index in [9.17, 15) is 28.8 Å². The molecule has 24 rings (SSSR count). The average Bonchev–Trinajstić information content (AvgIpc) is 1.33. The number of esters is 5. The van der Waals surface area contributed by atoms with E-state index in [0.717, 1.165) is 70.6 Å². The van der Waals surface area contributed by atoms with Gasteiger partial charge in [-0.3, -0.25) is 43.2 Å². The van der Waals surface area contributed by atoms with E-state index in [2.05, 4.69) is 62.3 Å². The van der Waals surface area contributed by atoms with Crippen molar-refractivity contribution in [2.24, 2.45) is 145 Å². The second kappa shape index (κ2) is 24.2. The molecule has 0 amide bonds. The summed E-state index contributed by atoms with van der Waals surface area (Å²) in [7, 11) is 0. The first-order chi connectivity index (χ1) is 43.4. The van der Waals surface area contributed by atoms with E-state index in [1.807, 2.05) is 0 Å². The Morgan fingerprint density at radius 3 is 1.01 bits per heavy atom. The van der Waals surface area contributed by atoms with Crippen LogP contribution in [0.25, 0.3) is 0 Å². The number of ketones is 4. The third-order valence-electron chi connectivity index (χ3n) is 32.2. The molecule has 0 N–H and O–H groups in total. The quantitative estimate of drug-likeness (QED) is 0.191. The zero-order valence-corrected chi connectivity index (χ0v) is 58.2. The van der Waals surface area contributed by atoms with Crippen LogP contribution in [0.1, 0.15) is 256 Å². The topological polar surface area (TPSA) is 200 Å². The molecule has 0 aromatic carbocycles. The monoisotopic (exact) mass is 1270 g/mol. The highest BCUT2D eigenvalue weighted by atomic mass is 16.6. The van der Waals surface area contributed by atoms with E-state index in [4.69, 9.17) is 23.7 Å². The average molecular weight is 1280 g/mol. The van der Waals surface area contributed by atoms with Crippen LogP contribution in [0.3, 0.4) is 0 Å². The molecule has 0 unspecified atom stereocenters. The van der Waals surface area contributed by atoms with Crippen molar-refractivity contribution in [1.82, 2.24) is 0 Å². The predicted octanol–water partition coefficient (Wildman–Crippen LogP) is 14.4. The van der Waals surface area contributed by atoms with Gasteiger partial charge in [0.15, 0.2) is 0 Å². The summed E-state index contributed by atoms with van der Waals surface area (Å²) in [4.78, 5) is 128. The number of rotatable bonds is 3. The number of hydrogen-bond donors (Lipinski definition) is 0. The fourth-order valence-corrected chi connectivity index (χ4v) is 27.4. The van der Waals surface area contributed by atoms with Crippen LogP contribution in [-0.2, 0) is 66.8 Å². The van der Waals surface area contributed by atoms with Gasteiger partial charge in [0.2, 0.25) is 0 Å². The van der Waals surface area contributed by atoms with Crippen LogP contribution in [-0.4, -0.2) is 83.5 Å². The lowest BCUT2D eigenvalue weighted by Gasteiger charge is -2.62. The van der Waals surface area contributed by atoms with Gasteiger partial charge in [-0.1, -0.05) is 62.3 Å². The molecule has 0 aromatic heterocycles. The van der Waals surface area contributed by atoms with Gasteiger partial charge in [0, 0.05) is 99.2 Å². The van der Waals surface area contributed by atoms with Crippen molar-refractivity contribution in [2.45, 2.75) is 287 Å². The van der Waals surface area contributed by atoms with Crippen molar-refractivity contribution in [3.8, 4) is 0 Å². The SMILES string of the molecule is CC(=O)O[C@@H]1C[C@@H]2C[C@H]3CC[C@]2(C)[C@H]2CC(=O)[C@]4(C)[C@H](CC[C@H]4[C@H]12)[C@H](C)CCC(=O)O[C@@H]1CC[C@@]2(C)[C@@H](C1)C[C@@H](OC(C)=O)[C@@H]1[C@@H]2CC(=O)[C@]2(C)[C@H](CC[C@@H]12)[C@H](C)CCC(=O)[C@@H]1CC[C@@]2(C)[C@@H](C1)C[C@@H](OC(C)=O)[C@@H]1[C@@H]2CC(=O)[C@]2(C)[C@H](CC[C@@H]12)[C@H](C)CCC(=O)O3. The summed E-state index contributed by atoms with van der Waals surface area (Å²) >= 11 is 0. The van der Waals surface area contributed by atoms with Crippen molar-refractivity contribution < 1.29 is 66.8 Å². The fourth-order valence-electron chi connectivity index (χ4n) is 27.4. The molecular formula is C78H114O14. The molecule has 30 atom stereocenters. The van der Waals surface area contributed by atoms with Gasteiger partial charge in [-0.05, 0) is 240 Å². The molecule has 0 spiro atoms. The Kier molecular flexibility index (Phi) is 17.6. The van der Waals surface area contributed by atoms with Crippen molar-refractivity contribution in [3.05, 3.63) is 0 Å². The summed E-state index contributed by atoms with van der Waals surface area (Å²) in [6, 6.07) is 0. The summed E-state index contributed by atoms with van der Waals surface area (Å²) in [5.74, 6) is 0.779. The van der Waals surface area contributed by atoms with Gasteiger partial charge in [-0.25, -0.2) is 0 Å². The van der Waals surface area contributed by atoms with Crippen LogP contribution in [0.2, 0.25) is 0 Å². The minimum absolute atomic E-state index is 0.0179. The van der Waals surface area contributed by atoms with Crippen molar-refractivity contribution in [3.63, 3.8) is 0 Å².